The summed E-state index contributed by atoms with van der Waals surface area (Å²) in [6.45, 7) is 3.39. The number of hydrogen-bond donors (Lipinski definition) is 1. The first-order valence-electron chi connectivity index (χ1n) is 11.5. The summed E-state index contributed by atoms with van der Waals surface area (Å²) in [6, 6.07) is 14.8. The molecule has 1 aliphatic heterocycles. The molecule has 0 bridgehead atoms. The molecule has 174 valence electrons. The van der Waals surface area contributed by atoms with Crippen molar-refractivity contribution in [1.29, 1.82) is 0 Å². The fourth-order valence-corrected chi connectivity index (χ4v) is 4.16. The zero-order chi connectivity index (χ0) is 23.0. The molecule has 0 unspecified atom stereocenters. The SMILES string of the molecule is O=C(NCCCCCc1nc2ccccc2n1CC(=O)N1CCOCC1)c1ccc(Cl)cc1. The Labute approximate surface area is 198 Å². The molecule has 8 heteroatoms. The van der Waals surface area contributed by atoms with Gasteiger partial charge in [-0.05, 0) is 49.2 Å². The molecule has 2 aromatic carbocycles. The number of imidazole rings is 1. The fourth-order valence-electron chi connectivity index (χ4n) is 4.03. The minimum Gasteiger partial charge on any atom is -0.378 e. The Kier molecular flexibility index (Phi) is 7.96. The van der Waals surface area contributed by atoms with Gasteiger partial charge in [0.1, 0.15) is 12.4 Å². The summed E-state index contributed by atoms with van der Waals surface area (Å²) < 4.78 is 7.42. The molecular weight excluding hydrogens is 440 g/mol. The number of nitrogens with zero attached hydrogens (tertiary/aromatic N) is 3. The number of benzene rings is 2. The largest absolute Gasteiger partial charge is 0.378 e. The Balaban J connectivity index is 1.29. The van der Waals surface area contributed by atoms with Crippen molar-refractivity contribution < 1.29 is 14.3 Å². The zero-order valence-corrected chi connectivity index (χ0v) is 19.4. The average Bonchev–Trinajstić information content (AvgIpc) is 3.19. The highest BCUT2D eigenvalue weighted by Crippen LogP contribution is 2.18. The number of hydrogen-bond acceptors (Lipinski definition) is 4. The Hall–Kier alpha value is -2.90. The minimum atomic E-state index is -0.0879. The molecule has 0 aliphatic carbocycles. The fraction of sp³-hybridized carbons (Fsp3) is 0.400. The molecular formula is C25H29ClN4O3. The van der Waals surface area contributed by atoms with Crippen LogP contribution in [-0.2, 0) is 22.5 Å². The van der Waals surface area contributed by atoms with Crippen LogP contribution in [0.3, 0.4) is 0 Å². The normalized spacial score (nSPS) is 13.9. The number of unbranched alkanes of at least 4 members (excludes halogenated alkanes) is 2. The molecule has 0 saturated carbocycles. The van der Waals surface area contributed by atoms with E-state index in [9.17, 15) is 9.59 Å². The van der Waals surface area contributed by atoms with Gasteiger partial charge in [-0.3, -0.25) is 9.59 Å². The van der Waals surface area contributed by atoms with Gasteiger partial charge in [0.2, 0.25) is 5.91 Å². The Bertz CT molecular complexity index is 1090. The average molecular weight is 469 g/mol. The number of amides is 2. The van der Waals surface area contributed by atoms with Gasteiger partial charge in [0, 0.05) is 36.6 Å². The third-order valence-electron chi connectivity index (χ3n) is 5.86. The van der Waals surface area contributed by atoms with E-state index in [1.165, 1.54) is 0 Å². The second kappa shape index (κ2) is 11.3. The molecule has 2 heterocycles. The lowest BCUT2D eigenvalue weighted by molar-refractivity contribution is -0.135. The number of ether oxygens (including phenoxy) is 1. The van der Waals surface area contributed by atoms with Gasteiger partial charge in [-0.15, -0.1) is 0 Å². The van der Waals surface area contributed by atoms with E-state index in [0.717, 1.165) is 42.5 Å². The van der Waals surface area contributed by atoms with Gasteiger partial charge in [-0.1, -0.05) is 30.2 Å². The van der Waals surface area contributed by atoms with Crippen molar-refractivity contribution in [3.8, 4) is 0 Å². The van der Waals surface area contributed by atoms with Crippen molar-refractivity contribution in [1.82, 2.24) is 19.8 Å². The molecule has 3 aromatic rings. The smallest absolute Gasteiger partial charge is 0.251 e. The Morgan fingerprint density at radius 3 is 2.55 bits per heavy atom. The minimum absolute atomic E-state index is 0.0879. The molecule has 1 aromatic heterocycles. The van der Waals surface area contributed by atoms with Crippen LogP contribution in [0.25, 0.3) is 11.0 Å². The van der Waals surface area contributed by atoms with E-state index in [4.69, 9.17) is 21.3 Å². The predicted molar refractivity (Wildman–Crippen MR) is 128 cm³/mol. The van der Waals surface area contributed by atoms with Gasteiger partial charge in [-0.25, -0.2) is 4.98 Å². The Morgan fingerprint density at radius 2 is 1.76 bits per heavy atom. The number of aromatic nitrogens is 2. The van der Waals surface area contributed by atoms with Gasteiger partial charge in [0.15, 0.2) is 0 Å². The van der Waals surface area contributed by atoms with Gasteiger partial charge in [0.25, 0.3) is 5.91 Å². The molecule has 1 fully saturated rings. The summed E-state index contributed by atoms with van der Waals surface area (Å²) in [7, 11) is 0. The van der Waals surface area contributed by atoms with E-state index in [2.05, 4.69) is 9.88 Å². The number of para-hydroxylation sites is 2. The highest BCUT2D eigenvalue weighted by Gasteiger charge is 2.20. The third-order valence-corrected chi connectivity index (χ3v) is 6.11. The van der Waals surface area contributed by atoms with Crippen LogP contribution in [0.4, 0.5) is 0 Å². The second-order valence-electron chi connectivity index (χ2n) is 8.17. The Morgan fingerprint density at radius 1 is 1.00 bits per heavy atom. The summed E-state index contributed by atoms with van der Waals surface area (Å²) in [5, 5.41) is 3.56. The van der Waals surface area contributed by atoms with Crippen molar-refractivity contribution in [2.45, 2.75) is 32.2 Å². The lowest BCUT2D eigenvalue weighted by Crippen LogP contribution is -2.42. The van der Waals surface area contributed by atoms with Crippen LogP contribution >= 0.6 is 11.6 Å². The molecule has 0 spiro atoms. The number of nitrogens with one attached hydrogen (secondary N) is 1. The molecule has 33 heavy (non-hydrogen) atoms. The number of morpholine rings is 1. The molecule has 1 N–H and O–H groups in total. The summed E-state index contributed by atoms with van der Waals surface area (Å²) in [5.41, 5.74) is 2.51. The molecule has 1 saturated heterocycles. The number of rotatable bonds is 9. The maximum absolute atomic E-state index is 12.9. The maximum Gasteiger partial charge on any atom is 0.251 e. The van der Waals surface area contributed by atoms with Crippen LogP contribution in [0.2, 0.25) is 5.02 Å². The van der Waals surface area contributed by atoms with E-state index in [1.807, 2.05) is 29.2 Å². The van der Waals surface area contributed by atoms with Crippen LogP contribution in [0.1, 0.15) is 35.4 Å². The standard InChI is InChI=1S/C25H29ClN4O3/c26-20-11-9-19(10-12-20)25(32)27-13-5-1-2-8-23-28-21-6-3-4-7-22(21)30(23)18-24(31)29-14-16-33-17-15-29/h3-4,6-7,9-12H,1-2,5,8,13-18H2,(H,27,32). The maximum atomic E-state index is 12.9. The molecule has 2 amide bonds. The second-order valence-corrected chi connectivity index (χ2v) is 8.61. The van der Waals surface area contributed by atoms with Crippen molar-refractivity contribution in [3.05, 3.63) is 64.9 Å². The number of fused-ring (bicyclic) bond motifs is 1. The first-order valence-corrected chi connectivity index (χ1v) is 11.8. The van der Waals surface area contributed by atoms with Crippen molar-refractivity contribution in [2.75, 3.05) is 32.8 Å². The number of halogens is 1. The van der Waals surface area contributed by atoms with Crippen LogP contribution in [-0.4, -0.2) is 59.1 Å². The summed E-state index contributed by atoms with van der Waals surface area (Å²) in [4.78, 5) is 31.7. The van der Waals surface area contributed by atoms with Crippen LogP contribution in [0, 0.1) is 0 Å². The quantitative estimate of drug-likeness (QED) is 0.486. The lowest BCUT2D eigenvalue weighted by Gasteiger charge is -2.27. The van der Waals surface area contributed by atoms with Crippen molar-refractivity contribution >= 4 is 34.4 Å². The molecule has 0 atom stereocenters. The first-order chi connectivity index (χ1) is 16.1. The van der Waals surface area contributed by atoms with E-state index in [0.29, 0.717) is 50.0 Å². The van der Waals surface area contributed by atoms with Gasteiger partial charge in [0.05, 0.1) is 24.2 Å². The van der Waals surface area contributed by atoms with Crippen molar-refractivity contribution in [3.63, 3.8) is 0 Å². The van der Waals surface area contributed by atoms with Crippen molar-refractivity contribution in [2.24, 2.45) is 0 Å². The predicted octanol–water partition coefficient (Wildman–Crippen LogP) is 3.69. The van der Waals surface area contributed by atoms with Crippen LogP contribution in [0.15, 0.2) is 48.5 Å². The molecule has 4 rings (SSSR count). The molecule has 7 nitrogen and oxygen atoms in total. The molecule has 0 radical (unpaired) electrons. The number of aryl methyl sites for hydroxylation is 1. The lowest BCUT2D eigenvalue weighted by atomic mass is 10.1. The van der Waals surface area contributed by atoms with E-state index >= 15 is 0 Å². The monoisotopic (exact) mass is 468 g/mol. The van der Waals surface area contributed by atoms with Gasteiger partial charge >= 0.3 is 0 Å². The molecule has 1 aliphatic rings. The topological polar surface area (TPSA) is 76.5 Å². The first kappa shape index (κ1) is 23.3. The zero-order valence-electron chi connectivity index (χ0n) is 18.6. The number of carbonyl (C=O) groups excluding carboxylic acids is 2. The van der Waals surface area contributed by atoms with Crippen LogP contribution in [0.5, 0.6) is 0 Å². The summed E-state index contributed by atoms with van der Waals surface area (Å²) >= 11 is 5.87. The number of carbonyl (C=O) groups is 2. The summed E-state index contributed by atoms with van der Waals surface area (Å²) in [6.07, 6.45) is 3.57. The highest BCUT2D eigenvalue weighted by molar-refractivity contribution is 6.30. The van der Waals surface area contributed by atoms with E-state index in [1.54, 1.807) is 24.3 Å². The third kappa shape index (κ3) is 6.12. The van der Waals surface area contributed by atoms with Crippen LogP contribution < -0.4 is 5.32 Å². The van der Waals surface area contributed by atoms with Gasteiger partial charge < -0.3 is 19.5 Å². The van der Waals surface area contributed by atoms with E-state index in [-0.39, 0.29) is 11.8 Å². The summed E-state index contributed by atoms with van der Waals surface area (Å²) in [5.74, 6) is 0.950. The van der Waals surface area contributed by atoms with E-state index < -0.39 is 0 Å². The highest BCUT2D eigenvalue weighted by atomic mass is 35.5. The van der Waals surface area contributed by atoms with Gasteiger partial charge in [-0.2, -0.15) is 0 Å².